The quantitative estimate of drug-likeness (QED) is 0.594. The third kappa shape index (κ3) is 3.07. The normalized spacial score (nSPS) is 10.9. The number of para-hydroxylation sites is 1. The molecule has 4 aromatic rings. The number of carbonyl (C=O) groups excluding carboxylic acids is 1. The molecule has 4 rings (SSSR count). The Morgan fingerprint density at radius 3 is 2.71 bits per heavy atom. The predicted octanol–water partition coefficient (Wildman–Crippen LogP) is 2.90. The van der Waals surface area contributed by atoms with Crippen LogP contribution in [0.4, 0.5) is 5.69 Å². The van der Waals surface area contributed by atoms with Crippen LogP contribution in [0.15, 0.2) is 59.8 Å². The number of carbonyl (C=O) groups is 1. The molecular formula is C21H18N4O3. The molecule has 7 heteroatoms. The first-order valence-electron chi connectivity index (χ1n) is 8.75. The lowest BCUT2D eigenvalue weighted by Crippen LogP contribution is -2.28. The van der Waals surface area contributed by atoms with Gasteiger partial charge in [-0.15, -0.1) is 0 Å². The molecule has 0 atom stereocenters. The zero-order valence-electron chi connectivity index (χ0n) is 15.5. The van der Waals surface area contributed by atoms with E-state index < -0.39 is 0 Å². The van der Waals surface area contributed by atoms with Crippen molar-refractivity contribution in [1.82, 2.24) is 14.5 Å². The van der Waals surface area contributed by atoms with Crippen LogP contribution in [0, 0.1) is 6.92 Å². The molecule has 0 radical (unpaired) electrons. The second-order valence-corrected chi connectivity index (χ2v) is 6.41. The van der Waals surface area contributed by atoms with E-state index in [0.29, 0.717) is 27.9 Å². The number of benzene rings is 2. The molecule has 0 spiro atoms. The first-order valence-corrected chi connectivity index (χ1v) is 8.75. The van der Waals surface area contributed by atoms with Gasteiger partial charge in [0.1, 0.15) is 17.8 Å². The summed E-state index contributed by atoms with van der Waals surface area (Å²) in [7, 11) is 1.57. The van der Waals surface area contributed by atoms with Crippen LogP contribution in [0.1, 0.15) is 5.56 Å². The first kappa shape index (κ1) is 17.7. The molecule has 140 valence electrons. The molecule has 0 aliphatic carbocycles. The van der Waals surface area contributed by atoms with E-state index in [4.69, 9.17) is 4.74 Å². The molecule has 0 bridgehead atoms. The fourth-order valence-corrected chi connectivity index (χ4v) is 3.21. The monoisotopic (exact) mass is 374 g/mol. The Labute approximate surface area is 160 Å². The number of amides is 1. The van der Waals surface area contributed by atoms with E-state index in [1.54, 1.807) is 37.6 Å². The summed E-state index contributed by atoms with van der Waals surface area (Å²) in [6.07, 6.45) is 3.07. The molecule has 0 aliphatic rings. The Hall–Kier alpha value is -3.74. The molecule has 0 unspecified atom stereocenters. The van der Waals surface area contributed by atoms with E-state index in [0.717, 1.165) is 10.9 Å². The number of nitrogens with zero attached hydrogens (tertiary/aromatic N) is 3. The molecule has 7 nitrogen and oxygen atoms in total. The minimum absolute atomic E-state index is 0.135. The van der Waals surface area contributed by atoms with Crippen molar-refractivity contribution in [2.24, 2.45) is 0 Å². The average Bonchev–Trinajstić information content (AvgIpc) is 2.71. The summed E-state index contributed by atoms with van der Waals surface area (Å²) in [6, 6.07) is 12.6. The van der Waals surface area contributed by atoms with Gasteiger partial charge in [0.2, 0.25) is 5.91 Å². The summed E-state index contributed by atoms with van der Waals surface area (Å²) in [6.45, 7) is 1.76. The van der Waals surface area contributed by atoms with Crippen molar-refractivity contribution >= 4 is 33.4 Å². The maximum Gasteiger partial charge on any atom is 0.261 e. The fraction of sp³-hybridized carbons (Fsp3) is 0.143. The minimum Gasteiger partial charge on any atom is -0.494 e. The minimum atomic E-state index is -0.328. The molecule has 2 aromatic heterocycles. The number of rotatable bonds is 4. The summed E-state index contributed by atoms with van der Waals surface area (Å²) < 4.78 is 6.63. The van der Waals surface area contributed by atoms with Crippen LogP contribution >= 0.6 is 0 Å². The highest BCUT2D eigenvalue weighted by molar-refractivity contribution is 6.02. The predicted molar refractivity (Wildman–Crippen MR) is 108 cm³/mol. The lowest BCUT2D eigenvalue weighted by atomic mass is 10.1. The average molecular weight is 374 g/mol. The SMILES string of the molecule is COc1ccc(NC(=O)Cn2cnc3c(C)cccc3c2=O)c2cccnc12. The standard InChI is InChI=1S/C21H18N4O3/c1-13-5-3-6-15-19(13)23-12-25(21(15)27)11-18(26)24-16-8-9-17(28-2)20-14(16)7-4-10-22-20/h3-10,12H,11H2,1-2H3,(H,24,26). The number of anilines is 1. The number of aryl methyl sites for hydroxylation is 1. The van der Waals surface area contributed by atoms with Gasteiger partial charge >= 0.3 is 0 Å². The van der Waals surface area contributed by atoms with Crippen LogP contribution in [0.5, 0.6) is 5.75 Å². The van der Waals surface area contributed by atoms with Gasteiger partial charge in [-0.2, -0.15) is 0 Å². The Balaban J connectivity index is 1.64. The topological polar surface area (TPSA) is 86.1 Å². The number of nitrogens with one attached hydrogen (secondary N) is 1. The number of methoxy groups -OCH3 is 1. The van der Waals surface area contributed by atoms with Gasteiger partial charge in [0, 0.05) is 11.6 Å². The molecule has 0 aliphatic heterocycles. The van der Waals surface area contributed by atoms with Gasteiger partial charge in [0.05, 0.1) is 30.0 Å². The van der Waals surface area contributed by atoms with E-state index in [1.165, 1.54) is 10.9 Å². The first-order chi connectivity index (χ1) is 13.6. The van der Waals surface area contributed by atoms with Gasteiger partial charge < -0.3 is 10.1 Å². The summed E-state index contributed by atoms with van der Waals surface area (Å²) in [4.78, 5) is 33.9. The highest BCUT2D eigenvalue weighted by Gasteiger charge is 2.12. The van der Waals surface area contributed by atoms with Crippen LogP contribution < -0.4 is 15.6 Å². The molecule has 2 aromatic carbocycles. The van der Waals surface area contributed by atoms with E-state index >= 15 is 0 Å². The Bertz CT molecular complexity index is 1260. The van der Waals surface area contributed by atoms with Crippen LogP contribution in [0.2, 0.25) is 0 Å². The van der Waals surface area contributed by atoms with Crippen molar-refractivity contribution in [2.45, 2.75) is 13.5 Å². The Kier molecular flexibility index (Phi) is 4.49. The second kappa shape index (κ2) is 7.11. The Morgan fingerprint density at radius 1 is 1.07 bits per heavy atom. The molecule has 0 saturated heterocycles. The molecule has 0 saturated carbocycles. The highest BCUT2D eigenvalue weighted by Crippen LogP contribution is 2.29. The molecule has 0 fully saturated rings. The zero-order chi connectivity index (χ0) is 19.7. The van der Waals surface area contributed by atoms with Crippen molar-refractivity contribution in [2.75, 3.05) is 12.4 Å². The van der Waals surface area contributed by atoms with Crippen molar-refractivity contribution in [3.8, 4) is 5.75 Å². The largest absolute Gasteiger partial charge is 0.494 e. The van der Waals surface area contributed by atoms with Crippen LogP contribution in [0.25, 0.3) is 21.8 Å². The van der Waals surface area contributed by atoms with Gasteiger partial charge in [0.25, 0.3) is 5.56 Å². The number of fused-ring (bicyclic) bond motifs is 2. The third-order valence-electron chi connectivity index (χ3n) is 4.60. The number of pyridine rings is 1. The molecule has 1 amide bonds. The zero-order valence-corrected chi connectivity index (χ0v) is 15.5. The molecule has 28 heavy (non-hydrogen) atoms. The summed E-state index contributed by atoms with van der Waals surface area (Å²) in [5, 5.41) is 4.10. The highest BCUT2D eigenvalue weighted by atomic mass is 16.5. The number of hydrogen-bond donors (Lipinski definition) is 1. The third-order valence-corrected chi connectivity index (χ3v) is 4.60. The molecule has 1 N–H and O–H groups in total. The van der Waals surface area contributed by atoms with Gasteiger partial charge in [-0.1, -0.05) is 12.1 Å². The van der Waals surface area contributed by atoms with Crippen LogP contribution in [-0.4, -0.2) is 27.6 Å². The molecular weight excluding hydrogens is 356 g/mol. The van der Waals surface area contributed by atoms with E-state index in [-0.39, 0.29) is 18.0 Å². The van der Waals surface area contributed by atoms with Crippen LogP contribution in [-0.2, 0) is 11.3 Å². The van der Waals surface area contributed by atoms with E-state index in [9.17, 15) is 9.59 Å². The summed E-state index contributed by atoms with van der Waals surface area (Å²) in [5.74, 6) is 0.296. The van der Waals surface area contributed by atoms with Crippen molar-refractivity contribution in [3.05, 3.63) is 70.9 Å². The van der Waals surface area contributed by atoms with Gasteiger partial charge in [-0.3, -0.25) is 19.1 Å². The number of hydrogen-bond acceptors (Lipinski definition) is 5. The lowest BCUT2D eigenvalue weighted by molar-refractivity contribution is -0.116. The van der Waals surface area contributed by atoms with Crippen molar-refractivity contribution < 1.29 is 9.53 Å². The lowest BCUT2D eigenvalue weighted by Gasteiger charge is -2.12. The maximum absolute atomic E-state index is 12.7. The number of ether oxygens (including phenoxy) is 1. The second-order valence-electron chi connectivity index (χ2n) is 6.41. The van der Waals surface area contributed by atoms with E-state index in [2.05, 4.69) is 15.3 Å². The maximum atomic E-state index is 12.7. The van der Waals surface area contributed by atoms with Gasteiger partial charge in [-0.25, -0.2) is 4.98 Å². The summed E-state index contributed by atoms with van der Waals surface area (Å²) >= 11 is 0. The van der Waals surface area contributed by atoms with Crippen LogP contribution in [0.3, 0.4) is 0 Å². The smallest absolute Gasteiger partial charge is 0.261 e. The van der Waals surface area contributed by atoms with Crippen molar-refractivity contribution in [1.29, 1.82) is 0 Å². The summed E-state index contributed by atoms with van der Waals surface area (Å²) in [5.41, 5.74) is 2.58. The van der Waals surface area contributed by atoms with Gasteiger partial charge in [-0.05, 0) is 42.8 Å². The van der Waals surface area contributed by atoms with E-state index in [1.807, 2.05) is 25.1 Å². The van der Waals surface area contributed by atoms with Crippen molar-refractivity contribution in [3.63, 3.8) is 0 Å². The number of aromatic nitrogens is 3. The van der Waals surface area contributed by atoms with Gasteiger partial charge in [0.15, 0.2) is 0 Å². The Morgan fingerprint density at radius 2 is 1.89 bits per heavy atom. The fourth-order valence-electron chi connectivity index (χ4n) is 3.21. The molecule has 2 heterocycles.